The Balaban J connectivity index is 2.22. The molecule has 2 aromatic heterocycles. The van der Waals surface area contributed by atoms with E-state index in [1.807, 2.05) is 0 Å². The third kappa shape index (κ3) is 1.86. The van der Waals surface area contributed by atoms with Crippen LogP contribution in [-0.2, 0) is 12.8 Å². The first kappa shape index (κ1) is 12.7. The molecular formula is C11H8F3N3O3. The van der Waals surface area contributed by atoms with Crippen molar-refractivity contribution in [3.63, 3.8) is 0 Å². The molecule has 1 aliphatic heterocycles. The molecule has 0 aromatic carbocycles. The number of aliphatic hydroxyl groups is 1. The van der Waals surface area contributed by atoms with Gasteiger partial charge in [-0.2, -0.15) is 18.3 Å². The number of halogens is 3. The maximum atomic E-state index is 13.1. The molecule has 0 spiro atoms. The van der Waals surface area contributed by atoms with Gasteiger partial charge in [0.15, 0.2) is 5.69 Å². The van der Waals surface area contributed by atoms with Crippen molar-refractivity contribution in [1.29, 1.82) is 0 Å². The summed E-state index contributed by atoms with van der Waals surface area (Å²) in [5.74, 6) is 0.197. The van der Waals surface area contributed by atoms with E-state index >= 15 is 0 Å². The standard InChI is InChI=1S/C11H8F3N3O3/c12-11(13,14)9-6(4-18)3-16-17(9)7-1-2-15-10-8(7)19-5-20-10/h1-3,18H,4-5H2. The normalized spacial score (nSPS) is 13.8. The molecule has 2 aromatic rings. The van der Waals surface area contributed by atoms with Crippen molar-refractivity contribution in [1.82, 2.24) is 14.8 Å². The number of aliphatic hydroxyl groups excluding tert-OH is 1. The Kier molecular flexibility index (Phi) is 2.78. The van der Waals surface area contributed by atoms with Crippen molar-refractivity contribution in [2.45, 2.75) is 12.8 Å². The van der Waals surface area contributed by atoms with Crippen LogP contribution in [0.15, 0.2) is 18.5 Å². The van der Waals surface area contributed by atoms with Gasteiger partial charge >= 0.3 is 6.18 Å². The van der Waals surface area contributed by atoms with Gasteiger partial charge in [0.25, 0.3) is 5.88 Å². The highest BCUT2D eigenvalue weighted by atomic mass is 19.4. The summed E-state index contributed by atoms with van der Waals surface area (Å²) in [6, 6.07) is 1.33. The molecule has 0 bridgehead atoms. The van der Waals surface area contributed by atoms with Gasteiger partial charge in [-0.1, -0.05) is 0 Å². The van der Waals surface area contributed by atoms with Gasteiger partial charge in [-0.15, -0.1) is 0 Å². The number of alkyl halides is 3. The summed E-state index contributed by atoms with van der Waals surface area (Å²) in [6.07, 6.45) is -2.40. The molecule has 106 valence electrons. The van der Waals surface area contributed by atoms with Gasteiger partial charge in [0.05, 0.1) is 12.8 Å². The second-order valence-electron chi connectivity index (χ2n) is 3.96. The maximum absolute atomic E-state index is 13.1. The van der Waals surface area contributed by atoms with E-state index in [0.29, 0.717) is 4.68 Å². The molecule has 0 fully saturated rings. The minimum absolute atomic E-state index is 0.0551. The number of pyridine rings is 1. The van der Waals surface area contributed by atoms with Crippen LogP contribution in [0.1, 0.15) is 11.3 Å². The first-order chi connectivity index (χ1) is 9.52. The monoisotopic (exact) mass is 287 g/mol. The average molecular weight is 287 g/mol. The summed E-state index contributed by atoms with van der Waals surface area (Å²) < 4.78 is 50.1. The Bertz CT molecular complexity index is 654. The Labute approximate surface area is 110 Å². The van der Waals surface area contributed by atoms with Crippen molar-refractivity contribution in [3.05, 3.63) is 29.7 Å². The van der Waals surface area contributed by atoms with Crippen molar-refractivity contribution in [3.8, 4) is 17.3 Å². The number of rotatable bonds is 2. The predicted octanol–water partition coefficient (Wildman–Crippen LogP) is 1.51. The number of nitrogens with zero attached hydrogens (tertiary/aromatic N) is 3. The molecule has 6 nitrogen and oxygen atoms in total. The Morgan fingerprint density at radius 1 is 1.35 bits per heavy atom. The molecule has 20 heavy (non-hydrogen) atoms. The highest BCUT2D eigenvalue weighted by Gasteiger charge is 2.39. The fourth-order valence-electron chi connectivity index (χ4n) is 1.95. The summed E-state index contributed by atoms with van der Waals surface area (Å²) in [6.45, 7) is -0.881. The SMILES string of the molecule is OCc1cnn(-c2ccnc3c2OCO3)c1C(F)(F)F. The van der Waals surface area contributed by atoms with Crippen LogP contribution in [0.25, 0.3) is 5.69 Å². The van der Waals surface area contributed by atoms with Crippen LogP contribution in [0, 0.1) is 0 Å². The fourth-order valence-corrected chi connectivity index (χ4v) is 1.95. The largest absolute Gasteiger partial charge is 0.449 e. The zero-order valence-electron chi connectivity index (χ0n) is 9.89. The first-order valence-electron chi connectivity index (χ1n) is 5.52. The summed E-state index contributed by atoms with van der Waals surface area (Å²) >= 11 is 0. The molecule has 3 rings (SSSR count). The second-order valence-corrected chi connectivity index (χ2v) is 3.96. The molecule has 0 amide bonds. The van der Waals surface area contributed by atoms with E-state index in [0.717, 1.165) is 6.20 Å². The molecule has 0 aliphatic carbocycles. The van der Waals surface area contributed by atoms with Gasteiger partial charge in [-0.25, -0.2) is 9.67 Å². The molecule has 9 heteroatoms. The van der Waals surface area contributed by atoms with Crippen molar-refractivity contribution in [2.24, 2.45) is 0 Å². The van der Waals surface area contributed by atoms with Gasteiger partial charge in [0.1, 0.15) is 5.69 Å². The number of hydrogen-bond donors (Lipinski definition) is 1. The summed E-state index contributed by atoms with van der Waals surface area (Å²) in [4.78, 5) is 3.85. The number of fused-ring (bicyclic) bond motifs is 1. The van der Waals surface area contributed by atoms with E-state index in [2.05, 4.69) is 10.1 Å². The lowest BCUT2D eigenvalue weighted by Crippen LogP contribution is -2.16. The van der Waals surface area contributed by atoms with Crippen LogP contribution >= 0.6 is 0 Å². The topological polar surface area (TPSA) is 69.4 Å². The molecule has 3 heterocycles. The van der Waals surface area contributed by atoms with Crippen LogP contribution < -0.4 is 9.47 Å². The quantitative estimate of drug-likeness (QED) is 0.906. The zero-order chi connectivity index (χ0) is 14.3. The van der Waals surface area contributed by atoms with Crippen LogP contribution in [-0.4, -0.2) is 26.7 Å². The molecule has 0 saturated carbocycles. The van der Waals surface area contributed by atoms with Crippen LogP contribution in [0.4, 0.5) is 13.2 Å². The number of hydrogen-bond acceptors (Lipinski definition) is 5. The van der Waals surface area contributed by atoms with E-state index in [1.54, 1.807) is 0 Å². The van der Waals surface area contributed by atoms with E-state index in [9.17, 15) is 13.2 Å². The number of aromatic nitrogens is 3. The molecule has 0 unspecified atom stereocenters. The van der Waals surface area contributed by atoms with Gasteiger partial charge < -0.3 is 14.6 Å². The van der Waals surface area contributed by atoms with Gasteiger partial charge in [0, 0.05) is 11.8 Å². The molecule has 0 radical (unpaired) electrons. The first-order valence-corrected chi connectivity index (χ1v) is 5.52. The maximum Gasteiger partial charge on any atom is 0.433 e. The zero-order valence-corrected chi connectivity index (χ0v) is 9.89. The molecular weight excluding hydrogens is 279 g/mol. The average Bonchev–Trinajstić information content (AvgIpc) is 3.03. The van der Waals surface area contributed by atoms with Gasteiger partial charge in [-0.05, 0) is 6.07 Å². The van der Waals surface area contributed by atoms with Crippen molar-refractivity contribution < 1.29 is 27.8 Å². The van der Waals surface area contributed by atoms with Crippen LogP contribution in [0.2, 0.25) is 0 Å². The lowest BCUT2D eigenvalue weighted by Gasteiger charge is -2.13. The van der Waals surface area contributed by atoms with Crippen LogP contribution in [0.3, 0.4) is 0 Å². The van der Waals surface area contributed by atoms with Crippen LogP contribution in [0.5, 0.6) is 11.6 Å². The third-order valence-electron chi connectivity index (χ3n) is 2.76. The lowest BCUT2D eigenvalue weighted by atomic mass is 10.2. The Morgan fingerprint density at radius 3 is 2.85 bits per heavy atom. The predicted molar refractivity (Wildman–Crippen MR) is 58.4 cm³/mol. The van der Waals surface area contributed by atoms with E-state index < -0.39 is 18.5 Å². The lowest BCUT2D eigenvalue weighted by molar-refractivity contribution is -0.143. The van der Waals surface area contributed by atoms with E-state index in [1.165, 1.54) is 12.3 Å². The van der Waals surface area contributed by atoms with E-state index in [4.69, 9.17) is 14.6 Å². The minimum atomic E-state index is -4.66. The highest BCUT2D eigenvalue weighted by Crippen LogP contribution is 2.39. The second kappa shape index (κ2) is 4.37. The highest BCUT2D eigenvalue weighted by molar-refractivity contribution is 5.54. The Morgan fingerprint density at radius 2 is 2.15 bits per heavy atom. The van der Waals surface area contributed by atoms with E-state index in [-0.39, 0.29) is 29.7 Å². The summed E-state index contributed by atoms with van der Waals surface area (Å²) in [5.41, 5.74) is -1.31. The molecule has 0 saturated heterocycles. The summed E-state index contributed by atoms with van der Waals surface area (Å²) in [5, 5.41) is 12.7. The number of ether oxygens (including phenoxy) is 2. The fraction of sp³-hybridized carbons (Fsp3) is 0.273. The molecule has 1 N–H and O–H groups in total. The molecule has 1 aliphatic rings. The van der Waals surface area contributed by atoms with Crippen molar-refractivity contribution >= 4 is 0 Å². The smallest absolute Gasteiger partial charge is 0.433 e. The minimum Gasteiger partial charge on any atom is -0.449 e. The van der Waals surface area contributed by atoms with Gasteiger partial charge in [-0.3, -0.25) is 0 Å². The van der Waals surface area contributed by atoms with Gasteiger partial charge in [0.2, 0.25) is 12.5 Å². The summed E-state index contributed by atoms with van der Waals surface area (Å²) in [7, 11) is 0. The van der Waals surface area contributed by atoms with Crippen molar-refractivity contribution in [2.75, 3.05) is 6.79 Å². The molecule has 0 atom stereocenters. The third-order valence-corrected chi connectivity index (χ3v) is 2.76. The Hall–Kier alpha value is -2.29.